The Balaban J connectivity index is 2.23. The van der Waals surface area contributed by atoms with E-state index in [-0.39, 0.29) is 5.91 Å². The molecule has 1 aromatic carbocycles. The highest BCUT2D eigenvalue weighted by Gasteiger charge is 2.17. The summed E-state index contributed by atoms with van der Waals surface area (Å²) in [5, 5.41) is 0. The molecule has 1 aromatic heterocycles. The molecular formula is C16H17BrN2O. The van der Waals surface area contributed by atoms with Gasteiger partial charge in [0.05, 0.1) is 5.56 Å². The molecule has 2 aromatic rings. The van der Waals surface area contributed by atoms with Crippen molar-refractivity contribution in [1.82, 2.24) is 9.88 Å². The van der Waals surface area contributed by atoms with Gasteiger partial charge in [-0.2, -0.15) is 0 Å². The molecule has 0 aliphatic heterocycles. The maximum atomic E-state index is 12.6. The molecular weight excluding hydrogens is 316 g/mol. The number of aryl methyl sites for hydroxylation is 1. The molecule has 0 spiro atoms. The molecule has 2 rings (SSSR count). The van der Waals surface area contributed by atoms with Crippen molar-refractivity contribution in [3.05, 3.63) is 63.9 Å². The van der Waals surface area contributed by atoms with E-state index >= 15 is 0 Å². The SMILES string of the molecule is CCN(Cc1ccccc1C)C(=O)c1cccnc1Br. The summed E-state index contributed by atoms with van der Waals surface area (Å²) in [5.74, 6) is -0.00396. The molecule has 0 bridgehead atoms. The highest BCUT2D eigenvalue weighted by molar-refractivity contribution is 9.10. The molecule has 4 heteroatoms. The van der Waals surface area contributed by atoms with Crippen LogP contribution in [0.25, 0.3) is 0 Å². The van der Waals surface area contributed by atoms with Crippen LogP contribution in [0.4, 0.5) is 0 Å². The molecule has 0 atom stereocenters. The van der Waals surface area contributed by atoms with Crippen LogP contribution >= 0.6 is 15.9 Å². The molecule has 1 heterocycles. The fourth-order valence-corrected chi connectivity index (χ4v) is 2.46. The van der Waals surface area contributed by atoms with Crippen molar-refractivity contribution < 1.29 is 4.79 Å². The molecule has 0 unspecified atom stereocenters. The molecule has 0 aliphatic rings. The van der Waals surface area contributed by atoms with E-state index < -0.39 is 0 Å². The second kappa shape index (κ2) is 6.66. The second-order valence-electron chi connectivity index (χ2n) is 4.59. The van der Waals surface area contributed by atoms with E-state index in [1.165, 1.54) is 11.1 Å². The maximum Gasteiger partial charge on any atom is 0.256 e. The third kappa shape index (κ3) is 3.25. The number of amides is 1. The predicted molar refractivity (Wildman–Crippen MR) is 83.5 cm³/mol. The van der Waals surface area contributed by atoms with Crippen LogP contribution in [0.15, 0.2) is 47.2 Å². The third-order valence-corrected chi connectivity index (χ3v) is 3.91. The summed E-state index contributed by atoms with van der Waals surface area (Å²) < 4.78 is 0.591. The van der Waals surface area contributed by atoms with Crippen molar-refractivity contribution in [2.24, 2.45) is 0 Å². The van der Waals surface area contributed by atoms with Crippen molar-refractivity contribution >= 4 is 21.8 Å². The topological polar surface area (TPSA) is 33.2 Å². The molecule has 0 saturated heterocycles. The fourth-order valence-electron chi connectivity index (χ4n) is 2.04. The smallest absolute Gasteiger partial charge is 0.256 e. The summed E-state index contributed by atoms with van der Waals surface area (Å²) in [7, 11) is 0. The minimum absolute atomic E-state index is 0.00396. The fraction of sp³-hybridized carbons (Fsp3) is 0.250. The highest BCUT2D eigenvalue weighted by Crippen LogP contribution is 2.17. The summed E-state index contributed by atoms with van der Waals surface area (Å²) in [6, 6.07) is 11.7. The lowest BCUT2D eigenvalue weighted by atomic mass is 10.1. The first-order chi connectivity index (χ1) is 9.63. The Hall–Kier alpha value is -1.68. The number of benzene rings is 1. The molecule has 20 heavy (non-hydrogen) atoms. The number of nitrogens with zero attached hydrogens (tertiary/aromatic N) is 2. The van der Waals surface area contributed by atoms with Crippen molar-refractivity contribution in [3.63, 3.8) is 0 Å². The number of hydrogen-bond donors (Lipinski definition) is 0. The zero-order valence-corrected chi connectivity index (χ0v) is 13.2. The van der Waals surface area contributed by atoms with E-state index in [0.717, 1.165) is 0 Å². The van der Waals surface area contributed by atoms with E-state index in [1.54, 1.807) is 18.3 Å². The first-order valence-electron chi connectivity index (χ1n) is 6.57. The number of carbonyl (C=O) groups is 1. The van der Waals surface area contributed by atoms with Crippen LogP contribution in [-0.2, 0) is 6.54 Å². The third-order valence-electron chi connectivity index (χ3n) is 3.28. The largest absolute Gasteiger partial charge is 0.335 e. The Kier molecular flexibility index (Phi) is 4.90. The Morgan fingerprint density at radius 2 is 2.00 bits per heavy atom. The predicted octanol–water partition coefficient (Wildman–Crippen LogP) is 3.81. The normalized spacial score (nSPS) is 10.3. The van der Waals surface area contributed by atoms with E-state index in [4.69, 9.17) is 0 Å². The summed E-state index contributed by atoms with van der Waals surface area (Å²) in [5.41, 5.74) is 2.97. The number of pyridine rings is 1. The Labute approximate surface area is 127 Å². The van der Waals surface area contributed by atoms with Crippen LogP contribution in [0.1, 0.15) is 28.4 Å². The first-order valence-corrected chi connectivity index (χ1v) is 7.37. The van der Waals surface area contributed by atoms with Gasteiger partial charge in [0, 0.05) is 19.3 Å². The second-order valence-corrected chi connectivity index (χ2v) is 5.34. The number of carbonyl (C=O) groups excluding carboxylic acids is 1. The minimum Gasteiger partial charge on any atom is -0.335 e. The van der Waals surface area contributed by atoms with Crippen LogP contribution in [0.2, 0.25) is 0 Å². The van der Waals surface area contributed by atoms with Gasteiger partial charge in [-0.25, -0.2) is 4.98 Å². The van der Waals surface area contributed by atoms with Gasteiger partial charge in [0.1, 0.15) is 4.60 Å². The Bertz CT molecular complexity index is 613. The van der Waals surface area contributed by atoms with Gasteiger partial charge in [0.2, 0.25) is 0 Å². The number of hydrogen-bond acceptors (Lipinski definition) is 2. The lowest BCUT2D eigenvalue weighted by molar-refractivity contribution is 0.0751. The van der Waals surface area contributed by atoms with E-state index in [1.807, 2.05) is 24.0 Å². The molecule has 0 N–H and O–H groups in total. The summed E-state index contributed by atoms with van der Waals surface area (Å²) >= 11 is 3.34. The van der Waals surface area contributed by atoms with Crippen LogP contribution in [0.5, 0.6) is 0 Å². The van der Waals surface area contributed by atoms with Gasteiger partial charge in [-0.15, -0.1) is 0 Å². The summed E-state index contributed by atoms with van der Waals surface area (Å²) in [6.45, 7) is 5.33. The number of rotatable bonds is 4. The molecule has 0 saturated carbocycles. The van der Waals surface area contributed by atoms with Gasteiger partial charge in [-0.05, 0) is 53.0 Å². The maximum absolute atomic E-state index is 12.6. The standard InChI is InChI=1S/C16H17BrN2O/c1-3-19(11-13-8-5-4-7-12(13)2)16(20)14-9-6-10-18-15(14)17/h4-10H,3,11H2,1-2H3. The number of halogens is 1. The van der Waals surface area contributed by atoms with Gasteiger partial charge in [-0.3, -0.25) is 4.79 Å². The van der Waals surface area contributed by atoms with Crippen LogP contribution in [0, 0.1) is 6.92 Å². The first kappa shape index (κ1) is 14.7. The van der Waals surface area contributed by atoms with Gasteiger partial charge in [0.25, 0.3) is 5.91 Å². The van der Waals surface area contributed by atoms with E-state index in [9.17, 15) is 4.79 Å². The average molecular weight is 333 g/mol. The van der Waals surface area contributed by atoms with Crippen molar-refractivity contribution in [3.8, 4) is 0 Å². The van der Waals surface area contributed by atoms with Gasteiger partial charge >= 0.3 is 0 Å². The molecule has 0 fully saturated rings. The zero-order valence-electron chi connectivity index (χ0n) is 11.6. The number of aromatic nitrogens is 1. The van der Waals surface area contributed by atoms with Crippen LogP contribution in [-0.4, -0.2) is 22.3 Å². The molecule has 0 aliphatic carbocycles. The van der Waals surface area contributed by atoms with Crippen molar-refractivity contribution in [1.29, 1.82) is 0 Å². The Morgan fingerprint density at radius 1 is 1.25 bits per heavy atom. The van der Waals surface area contributed by atoms with Gasteiger partial charge in [0.15, 0.2) is 0 Å². The summed E-state index contributed by atoms with van der Waals surface area (Å²) in [4.78, 5) is 18.5. The Morgan fingerprint density at radius 3 is 2.65 bits per heavy atom. The van der Waals surface area contributed by atoms with E-state index in [0.29, 0.717) is 23.3 Å². The van der Waals surface area contributed by atoms with Gasteiger partial charge < -0.3 is 4.90 Å². The lowest BCUT2D eigenvalue weighted by Gasteiger charge is -2.22. The molecule has 1 amide bonds. The zero-order chi connectivity index (χ0) is 14.5. The minimum atomic E-state index is -0.00396. The lowest BCUT2D eigenvalue weighted by Crippen LogP contribution is -2.31. The monoisotopic (exact) mass is 332 g/mol. The summed E-state index contributed by atoms with van der Waals surface area (Å²) in [6.07, 6.45) is 1.67. The quantitative estimate of drug-likeness (QED) is 0.797. The van der Waals surface area contributed by atoms with Crippen LogP contribution < -0.4 is 0 Å². The molecule has 0 radical (unpaired) electrons. The van der Waals surface area contributed by atoms with Crippen molar-refractivity contribution in [2.75, 3.05) is 6.54 Å². The average Bonchev–Trinajstić information content (AvgIpc) is 2.46. The van der Waals surface area contributed by atoms with E-state index in [2.05, 4.69) is 40.0 Å². The molecule has 3 nitrogen and oxygen atoms in total. The van der Waals surface area contributed by atoms with Crippen molar-refractivity contribution in [2.45, 2.75) is 20.4 Å². The van der Waals surface area contributed by atoms with Gasteiger partial charge in [-0.1, -0.05) is 24.3 Å². The molecule has 104 valence electrons. The highest BCUT2D eigenvalue weighted by atomic mass is 79.9. The van der Waals surface area contributed by atoms with Crippen LogP contribution in [0.3, 0.4) is 0 Å².